The second-order valence-electron chi connectivity index (χ2n) is 5.19. The van der Waals surface area contributed by atoms with Gasteiger partial charge in [-0.3, -0.25) is 9.89 Å². The molecule has 1 aliphatic rings. The van der Waals surface area contributed by atoms with Crippen molar-refractivity contribution in [3.05, 3.63) is 51.9 Å². The van der Waals surface area contributed by atoms with E-state index in [2.05, 4.69) is 20.4 Å². The molecule has 3 heterocycles. The van der Waals surface area contributed by atoms with Crippen LogP contribution in [0, 0.1) is 0 Å². The van der Waals surface area contributed by atoms with Crippen molar-refractivity contribution in [3.63, 3.8) is 0 Å². The van der Waals surface area contributed by atoms with Gasteiger partial charge in [0.2, 0.25) is 5.95 Å². The van der Waals surface area contributed by atoms with Crippen molar-refractivity contribution in [1.82, 2.24) is 19.6 Å². The molecule has 0 saturated carbocycles. The van der Waals surface area contributed by atoms with Crippen LogP contribution in [0.5, 0.6) is 0 Å². The summed E-state index contributed by atoms with van der Waals surface area (Å²) in [5.74, 6) is 1.96. The van der Waals surface area contributed by atoms with Crippen molar-refractivity contribution >= 4 is 53.0 Å². The largest absolute Gasteiger partial charge is 0.351 e. The van der Waals surface area contributed by atoms with Gasteiger partial charge < -0.3 is 5.32 Å². The summed E-state index contributed by atoms with van der Waals surface area (Å²) in [5.41, 5.74) is 1.98. The molecule has 0 unspecified atom stereocenters. The first-order chi connectivity index (χ1) is 10.8. The molecule has 113 valence electrons. The van der Waals surface area contributed by atoms with Crippen molar-refractivity contribution in [2.45, 2.75) is 24.3 Å². The predicted molar refractivity (Wildman–Crippen MR) is 92.2 cm³/mol. The summed E-state index contributed by atoms with van der Waals surface area (Å²) in [6.07, 6.45) is 1.91. The van der Waals surface area contributed by atoms with Crippen LogP contribution in [0.1, 0.15) is 17.7 Å². The molecule has 3 aromatic rings. The van der Waals surface area contributed by atoms with E-state index in [4.69, 9.17) is 0 Å². The van der Waals surface area contributed by atoms with Crippen molar-refractivity contribution < 1.29 is 0 Å². The molecule has 0 atom stereocenters. The normalized spacial score (nSPS) is 13.4. The molecule has 1 radical (unpaired) electrons. The van der Waals surface area contributed by atoms with E-state index in [9.17, 15) is 4.79 Å². The third-order valence-electron chi connectivity index (χ3n) is 3.63. The van der Waals surface area contributed by atoms with Gasteiger partial charge >= 0.3 is 0 Å². The Bertz CT molecular complexity index is 877. The number of anilines is 1. The molecule has 2 N–H and O–H groups in total. The fraction of sp³-hybridized carbons (Fsp3) is 0.267. The Labute approximate surface area is 159 Å². The van der Waals surface area contributed by atoms with E-state index in [0.29, 0.717) is 18.3 Å². The van der Waals surface area contributed by atoms with E-state index in [1.165, 1.54) is 4.52 Å². The molecule has 0 aliphatic carbocycles. The fourth-order valence-corrected chi connectivity index (χ4v) is 3.55. The maximum absolute atomic E-state index is 12.5. The second-order valence-corrected chi connectivity index (χ2v) is 6.30. The number of hydrogen-bond acceptors (Lipinski definition) is 5. The van der Waals surface area contributed by atoms with Crippen LogP contribution in [0.3, 0.4) is 0 Å². The van der Waals surface area contributed by atoms with Gasteiger partial charge in [-0.05, 0) is 24.2 Å². The van der Waals surface area contributed by atoms with Gasteiger partial charge in [-0.2, -0.15) is 9.50 Å². The molecule has 4 rings (SSSR count). The maximum atomic E-state index is 12.5. The molecular weight excluding hydrogens is 321 g/mol. The molecule has 23 heavy (non-hydrogen) atoms. The van der Waals surface area contributed by atoms with E-state index < -0.39 is 0 Å². The zero-order chi connectivity index (χ0) is 14.9. The summed E-state index contributed by atoms with van der Waals surface area (Å²) in [5, 5.41) is 6.19. The summed E-state index contributed by atoms with van der Waals surface area (Å²) in [7, 11) is 0. The van der Waals surface area contributed by atoms with E-state index in [1.54, 1.807) is 11.8 Å². The molecule has 1 aromatic carbocycles. The van der Waals surface area contributed by atoms with E-state index >= 15 is 0 Å². The first kappa shape index (κ1) is 16.6. The van der Waals surface area contributed by atoms with E-state index in [1.807, 2.05) is 30.3 Å². The zero-order valence-electron chi connectivity index (χ0n) is 12.9. The SMILES string of the molecule is O=c1c2c(nc3nc(NCc4ccccc4)[nH]n13)CCCS2.[Na]. The van der Waals surface area contributed by atoms with Gasteiger partial charge in [-0.15, -0.1) is 11.8 Å². The number of benzene rings is 1. The topological polar surface area (TPSA) is 75.1 Å². The summed E-state index contributed by atoms with van der Waals surface area (Å²) >= 11 is 1.59. The number of nitrogens with one attached hydrogen (secondary N) is 2. The van der Waals surface area contributed by atoms with Crippen molar-refractivity contribution in [3.8, 4) is 0 Å². The summed E-state index contributed by atoms with van der Waals surface area (Å²) in [4.78, 5) is 22.1. The Hall–Kier alpha value is -1.28. The fourth-order valence-electron chi connectivity index (χ4n) is 2.53. The number of H-pyrrole nitrogens is 1. The van der Waals surface area contributed by atoms with Crippen LogP contribution in [-0.4, -0.2) is 54.9 Å². The molecule has 6 nitrogen and oxygen atoms in total. The molecule has 2 aromatic heterocycles. The van der Waals surface area contributed by atoms with Crippen molar-refractivity contribution in [2.75, 3.05) is 11.1 Å². The van der Waals surface area contributed by atoms with Crippen LogP contribution in [0.2, 0.25) is 0 Å². The molecular formula is C15H15N5NaOS. The summed E-state index contributed by atoms with van der Waals surface area (Å²) < 4.78 is 1.42. The third kappa shape index (κ3) is 3.33. The first-order valence-corrected chi connectivity index (χ1v) is 8.22. The smallest absolute Gasteiger partial charge is 0.287 e. The van der Waals surface area contributed by atoms with Gasteiger partial charge in [-0.25, -0.2) is 4.98 Å². The standard InChI is InChI=1S/C15H15N5OS.Na/c21-13-12-11(7-4-8-22-12)17-15-18-14(19-20(13)15)16-9-10-5-2-1-3-6-10;/h1-3,5-6H,4,7-9H2,(H2,16,17,18,19);. The zero-order valence-corrected chi connectivity index (χ0v) is 15.7. The van der Waals surface area contributed by atoms with Crippen LogP contribution in [0.25, 0.3) is 5.78 Å². The number of aryl methyl sites for hydroxylation is 1. The Morgan fingerprint density at radius 3 is 2.91 bits per heavy atom. The van der Waals surface area contributed by atoms with Crippen molar-refractivity contribution in [2.24, 2.45) is 0 Å². The number of aromatic amines is 1. The van der Waals surface area contributed by atoms with Gasteiger partial charge in [0.15, 0.2) is 0 Å². The quantitative estimate of drug-likeness (QED) is 0.712. The predicted octanol–water partition coefficient (Wildman–Crippen LogP) is 1.69. The number of aromatic nitrogens is 4. The maximum Gasteiger partial charge on any atom is 0.287 e. The summed E-state index contributed by atoms with van der Waals surface area (Å²) in [6.45, 7) is 0.643. The number of nitrogens with zero attached hydrogens (tertiary/aromatic N) is 3. The average Bonchev–Trinajstić information content (AvgIpc) is 2.97. The number of thioether (sulfide) groups is 1. The third-order valence-corrected chi connectivity index (χ3v) is 4.82. The van der Waals surface area contributed by atoms with E-state index in [0.717, 1.165) is 34.7 Å². The number of rotatable bonds is 3. The molecule has 0 amide bonds. The Morgan fingerprint density at radius 2 is 2.09 bits per heavy atom. The van der Waals surface area contributed by atoms with Crippen molar-refractivity contribution in [1.29, 1.82) is 0 Å². The van der Waals surface area contributed by atoms with Crippen LogP contribution in [-0.2, 0) is 13.0 Å². The van der Waals surface area contributed by atoms with Gasteiger partial charge in [0.1, 0.15) is 0 Å². The minimum Gasteiger partial charge on any atom is -0.351 e. The minimum absolute atomic E-state index is 0. The monoisotopic (exact) mass is 336 g/mol. The van der Waals surface area contributed by atoms with Gasteiger partial charge in [0.25, 0.3) is 11.3 Å². The molecule has 1 aliphatic heterocycles. The molecule has 0 saturated heterocycles. The van der Waals surface area contributed by atoms with Crippen LogP contribution in [0.4, 0.5) is 5.95 Å². The molecule has 0 bridgehead atoms. The second kappa shape index (κ2) is 7.09. The van der Waals surface area contributed by atoms with Crippen LogP contribution in [0.15, 0.2) is 40.0 Å². The molecule has 0 spiro atoms. The Balaban J connectivity index is 0.00000156. The van der Waals surface area contributed by atoms with Gasteiger partial charge in [0, 0.05) is 36.1 Å². The van der Waals surface area contributed by atoms with Crippen LogP contribution >= 0.6 is 11.8 Å². The van der Waals surface area contributed by atoms with Gasteiger partial charge in [-0.1, -0.05) is 30.3 Å². The number of fused-ring (bicyclic) bond motifs is 2. The van der Waals surface area contributed by atoms with Crippen LogP contribution < -0.4 is 10.9 Å². The molecule has 8 heteroatoms. The Kier molecular flexibility index (Phi) is 5.11. The number of hydrogen-bond donors (Lipinski definition) is 2. The minimum atomic E-state index is -0.0510. The van der Waals surface area contributed by atoms with E-state index in [-0.39, 0.29) is 35.1 Å². The van der Waals surface area contributed by atoms with Gasteiger partial charge in [0.05, 0.1) is 10.6 Å². The summed E-state index contributed by atoms with van der Waals surface area (Å²) in [6, 6.07) is 10.0. The average molecular weight is 336 g/mol. The first-order valence-electron chi connectivity index (χ1n) is 7.23. The molecule has 0 fully saturated rings. The Morgan fingerprint density at radius 1 is 1.26 bits per heavy atom.